The fourth-order valence-electron chi connectivity index (χ4n) is 1.48. The predicted molar refractivity (Wildman–Crippen MR) is 67.5 cm³/mol. The van der Waals surface area contributed by atoms with E-state index in [9.17, 15) is 0 Å². The molecular weight excluding hydrogens is 236 g/mol. The molecule has 0 aliphatic rings. The summed E-state index contributed by atoms with van der Waals surface area (Å²) in [5.74, 6) is 1.67. The molecule has 1 aromatic carbocycles. The van der Waals surface area contributed by atoms with Gasteiger partial charge in [-0.25, -0.2) is 0 Å². The molecule has 17 heavy (non-hydrogen) atoms. The topological polar surface area (TPSA) is 35.0 Å². The van der Waals surface area contributed by atoms with Gasteiger partial charge in [0.1, 0.15) is 5.75 Å². The zero-order valence-corrected chi connectivity index (χ0v) is 10.3. The standard InChI is InChI=1S/C13H13ClN2O/c1-2-10-5-3-4-6-12(10)17-13-8-7-11(9-14)15-16-13/h3-8H,2,9H2,1H3. The quantitative estimate of drug-likeness (QED) is 0.776. The fraction of sp³-hybridized carbons (Fsp3) is 0.231. The Morgan fingerprint density at radius 3 is 2.59 bits per heavy atom. The number of benzene rings is 1. The molecule has 2 rings (SSSR count). The zero-order chi connectivity index (χ0) is 12.1. The molecule has 0 radical (unpaired) electrons. The van der Waals surface area contributed by atoms with E-state index in [0.29, 0.717) is 11.8 Å². The molecular formula is C13H13ClN2O. The van der Waals surface area contributed by atoms with Crippen molar-refractivity contribution in [2.75, 3.05) is 0 Å². The summed E-state index contributed by atoms with van der Waals surface area (Å²) < 4.78 is 5.68. The Bertz CT molecular complexity index is 485. The van der Waals surface area contributed by atoms with Crippen LogP contribution in [-0.4, -0.2) is 10.2 Å². The van der Waals surface area contributed by atoms with E-state index >= 15 is 0 Å². The van der Waals surface area contributed by atoms with E-state index in [1.807, 2.05) is 30.3 Å². The normalized spacial score (nSPS) is 10.2. The molecule has 0 bridgehead atoms. The van der Waals surface area contributed by atoms with Gasteiger partial charge in [-0.3, -0.25) is 0 Å². The van der Waals surface area contributed by atoms with Crippen molar-refractivity contribution < 1.29 is 4.74 Å². The SMILES string of the molecule is CCc1ccccc1Oc1ccc(CCl)nn1. The second-order valence-electron chi connectivity index (χ2n) is 3.56. The van der Waals surface area contributed by atoms with Crippen LogP contribution in [0.15, 0.2) is 36.4 Å². The first kappa shape index (κ1) is 11.9. The van der Waals surface area contributed by atoms with Gasteiger partial charge in [-0.15, -0.1) is 16.7 Å². The molecule has 0 saturated carbocycles. The largest absolute Gasteiger partial charge is 0.437 e. The van der Waals surface area contributed by atoms with Crippen LogP contribution in [0.4, 0.5) is 0 Å². The van der Waals surface area contributed by atoms with Crippen molar-refractivity contribution in [2.24, 2.45) is 0 Å². The highest BCUT2D eigenvalue weighted by molar-refractivity contribution is 6.16. The Morgan fingerprint density at radius 1 is 1.12 bits per heavy atom. The highest BCUT2D eigenvalue weighted by Crippen LogP contribution is 2.23. The number of alkyl halides is 1. The van der Waals surface area contributed by atoms with Crippen molar-refractivity contribution in [3.05, 3.63) is 47.7 Å². The third-order valence-corrected chi connectivity index (χ3v) is 2.67. The van der Waals surface area contributed by atoms with E-state index in [0.717, 1.165) is 23.4 Å². The number of hydrogen-bond acceptors (Lipinski definition) is 3. The summed E-state index contributed by atoms with van der Waals surface area (Å²) in [5, 5.41) is 7.91. The highest BCUT2D eigenvalue weighted by Gasteiger charge is 2.04. The van der Waals surface area contributed by atoms with E-state index in [4.69, 9.17) is 16.3 Å². The molecule has 3 nitrogen and oxygen atoms in total. The van der Waals surface area contributed by atoms with Crippen molar-refractivity contribution in [1.29, 1.82) is 0 Å². The monoisotopic (exact) mass is 248 g/mol. The van der Waals surface area contributed by atoms with Crippen LogP contribution in [0.5, 0.6) is 11.6 Å². The Kier molecular flexibility index (Phi) is 3.94. The summed E-state index contributed by atoms with van der Waals surface area (Å²) in [6.07, 6.45) is 0.920. The lowest BCUT2D eigenvalue weighted by atomic mass is 10.1. The molecule has 88 valence electrons. The maximum absolute atomic E-state index is 5.68. The summed E-state index contributed by atoms with van der Waals surface area (Å²) in [7, 11) is 0. The first-order valence-corrected chi connectivity index (χ1v) is 6.01. The molecule has 0 saturated heterocycles. The van der Waals surface area contributed by atoms with Crippen LogP contribution >= 0.6 is 11.6 Å². The predicted octanol–water partition coefficient (Wildman–Crippen LogP) is 3.57. The van der Waals surface area contributed by atoms with Crippen molar-refractivity contribution in [3.63, 3.8) is 0 Å². The molecule has 0 spiro atoms. The van der Waals surface area contributed by atoms with E-state index in [-0.39, 0.29) is 0 Å². The molecule has 2 aromatic rings. The molecule has 4 heteroatoms. The molecule has 0 N–H and O–H groups in total. The Hall–Kier alpha value is -1.61. The molecule has 0 atom stereocenters. The van der Waals surface area contributed by atoms with E-state index in [2.05, 4.69) is 17.1 Å². The molecule has 0 aliphatic carbocycles. The van der Waals surface area contributed by atoms with Gasteiger partial charge in [0.05, 0.1) is 11.6 Å². The summed E-state index contributed by atoms with van der Waals surface area (Å²) in [5.41, 5.74) is 1.89. The first-order valence-electron chi connectivity index (χ1n) is 5.47. The van der Waals surface area contributed by atoms with Gasteiger partial charge in [-0.1, -0.05) is 25.1 Å². The van der Waals surface area contributed by atoms with Gasteiger partial charge in [0.25, 0.3) is 0 Å². The minimum absolute atomic E-state index is 0.360. The van der Waals surface area contributed by atoms with Crippen LogP contribution in [-0.2, 0) is 12.3 Å². The third kappa shape index (κ3) is 2.94. The first-order chi connectivity index (χ1) is 8.33. The Balaban J connectivity index is 2.19. The van der Waals surface area contributed by atoms with Gasteiger partial charge in [-0.2, -0.15) is 5.10 Å². The molecule has 0 fully saturated rings. The van der Waals surface area contributed by atoms with Crippen LogP contribution in [0.1, 0.15) is 18.2 Å². The maximum atomic E-state index is 5.68. The van der Waals surface area contributed by atoms with E-state index in [1.165, 1.54) is 0 Å². The minimum atomic E-state index is 0.360. The number of aromatic nitrogens is 2. The number of para-hydroxylation sites is 1. The maximum Gasteiger partial charge on any atom is 0.238 e. The molecule has 0 unspecified atom stereocenters. The zero-order valence-electron chi connectivity index (χ0n) is 9.56. The number of ether oxygens (including phenoxy) is 1. The van der Waals surface area contributed by atoms with Crippen LogP contribution in [0.3, 0.4) is 0 Å². The lowest BCUT2D eigenvalue weighted by Crippen LogP contribution is -1.95. The third-order valence-electron chi connectivity index (χ3n) is 2.40. The van der Waals surface area contributed by atoms with Crippen LogP contribution in [0, 0.1) is 0 Å². The lowest BCUT2D eigenvalue weighted by molar-refractivity contribution is 0.449. The van der Waals surface area contributed by atoms with Gasteiger partial charge in [0, 0.05) is 6.07 Å². The summed E-state index contributed by atoms with van der Waals surface area (Å²) in [4.78, 5) is 0. The van der Waals surface area contributed by atoms with Crippen LogP contribution in [0.2, 0.25) is 0 Å². The second kappa shape index (κ2) is 5.64. The van der Waals surface area contributed by atoms with Crippen LogP contribution < -0.4 is 4.74 Å². The van der Waals surface area contributed by atoms with Crippen molar-refractivity contribution in [3.8, 4) is 11.6 Å². The summed E-state index contributed by atoms with van der Waals surface area (Å²) >= 11 is 5.64. The van der Waals surface area contributed by atoms with Gasteiger partial charge in [-0.05, 0) is 24.1 Å². The summed E-state index contributed by atoms with van der Waals surface area (Å²) in [6, 6.07) is 11.5. The van der Waals surface area contributed by atoms with Gasteiger partial charge in [0.15, 0.2) is 0 Å². The Morgan fingerprint density at radius 2 is 1.94 bits per heavy atom. The average molecular weight is 249 g/mol. The van der Waals surface area contributed by atoms with Crippen molar-refractivity contribution in [2.45, 2.75) is 19.2 Å². The lowest BCUT2D eigenvalue weighted by Gasteiger charge is -2.08. The van der Waals surface area contributed by atoms with E-state index < -0.39 is 0 Å². The van der Waals surface area contributed by atoms with E-state index in [1.54, 1.807) is 6.07 Å². The fourth-order valence-corrected chi connectivity index (χ4v) is 1.62. The Labute approximate surface area is 105 Å². The molecule has 1 heterocycles. The summed E-state index contributed by atoms with van der Waals surface area (Å²) in [6.45, 7) is 2.09. The molecule has 0 amide bonds. The van der Waals surface area contributed by atoms with Crippen molar-refractivity contribution >= 4 is 11.6 Å². The number of aryl methyl sites for hydroxylation is 1. The smallest absolute Gasteiger partial charge is 0.238 e. The van der Waals surface area contributed by atoms with Gasteiger partial charge >= 0.3 is 0 Å². The number of nitrogens with zero attached hydrogens (tertiary/aromatic N) is 2. The molecule has 1 aromatic heterocycles. The number of hydrogen-bond donors (Lipinski definition) is 0. The second-order valence-corrected chi connectivity index (χ2v) is 3.83. The average Bonchev–Trinajstić information content (AvgIpc) is 2.40. The number of rotatable bonds is 4. The minimum Gasteiger partial charge on any atom is -0.437 e. The van der Waals surface area contributed by atoms with Gasteiger partial charge in [0.2, 0.25) is 5.88 Å². The van der Waals surface area contributed by atoms with Gasteiger partial charge < -0.3 is 4.74 Å². The molecule has 0 aliphatic heterocycles. The highest BCUT2D eigenvalue weighted by atomic mass is 35.5. The number of halogens is 1. The van der Waals surface area contributed by atoms with Crippen molar-refractivity contribution in [1.82, 2.24) is 10.2 Å². The van der Waals surface area contributed by atoms with Crippen LogP contribution in [0.25, 0.3) is 0 Å².